The van der Waals surface area contributed by atoms with Gasteiger partial charge in [-0.05, 0) is 84.6 Å². The van der Waals surface area contributed by atoms with Gasteiger partial charge in [-0.15, -0.1) is 6.58 Å². The van der Waals surface area contributed by atoms with Crippen LogP contribution in [0.1, 0.15) is 68.9 Å². The summed E-state index contributed by atoms with van der Waals surface area (Å²) in [6.45, 7) is 6.71. The number of hydrogen-bond acceptors (Lipinski definition) is 10. The molecule has 1 aliphatic heterocycles. The van der Waals surface area contributed by atoms with E-state index in [0.717, 1.165) is 53.2 Å². The molecule has 0 aromatic heterocycles. The minimum absolute atomic E-state index is 0.00950. The third-order valence-corrected chi connectivity index (χ3v) is 11.4. The molecule has 1 fully saturated rings. The zero-order chi connectivity index (χ0) is 39.7. The van der Waals surface area contributed by atoms with Crippen LogP contribution in [0.25, 0.3) is 10.8 Å². The van der Waals surface area contributed by atoms with Crippen molar-refractivity contribution >= 4 is 28.7 Å². The van der Waals surface area contributed by atoms with E-state index in [9.17, 15) is 19.8 Å². The van der Waals surface area contributed by atoms with Crippen molar-refractivity contribution in [2.75, 3.05) is 40.6 Å². The highest BCUT2D eigenvalue weighted by atomic mass is 16.7. The Kier molecular flexibility index (Phi) is 13.7. The van der Waals surface area contributed by atoms with Crippen molar-refractivity contribution in [2.45, 2.75) is 76.2 Å². The molecule has 300 valence electrons. The van der Waals surface area contributed by atoms with Crippen molar-refractivity contribution in [3.63, 3.8) is 0 Å². The molecule has 12 nitrogen and oxygen atoms in total. The maximum absolute atomic E-state index is 14.2. The van der Waals surface area contributed by atoms with E-state index in [-0.39, 0.29) is 50.5 Å². The molecule has 0 saturated heterocycles. The molecule has 1 heterocycles. The lowest BCUT2D eigenvalue weighted by molar-refractivity contribution is -0.256. The number of fused-ring (bicyclic) bond motifs is 3. The van der Waals surface area contributed by atoms with Crippen LogP contribution in [0.5, 0.6) is 11.5 Å². The Hall–Kier alpha value is -4.91. The van der Waals surface area contributed by atoms with Crippen LogP contribution in [-0.2, 0) is 20.9 Å². The lowest BCUT2D eigenvalue weighted by atomic mass is 9.55. The topological polar surface area (TPSA) is 148 Å². The third-order valence-electron chi connectivity index (χ3n) is 11.4. The summed E-state index contributed by atoms with van der Waals surface area (Å²) in [7, 11) is 2.89. The molecule has 1 saturated carbocycles. The van der Waals surface area contributed by atoms with Crippen LogP contribution in [0.3, 0.4) is 0 Å². The van der Waals surface area contributed by atoms with E-state index in [1.165, 1.54) is 14.2 Å². The van der Waals surface area contributed by atoms with E-state index < -0.39 is 29.9 Å². The second kappa shape index (κ2) is 18.8. The van der Waals surface area contributed by atoms with Gasteiger partial charge in [0.2, 0.25) is 5.79 Å². The first-order valence-corrected chi connectivity index (χ1v) is 19.7. The summed E-state index contributed by atoms with van der Waals surface area (Å²) in [4.78, 5) is 34.1. The number of ether oxygens (including phenoxy) is 4. The average Bonchev–Trinajstić information content (AvgIpc) is 3.21. The minimum Gasteiger partial charge on any atom is -0.459 e. The van der Waals surface area contributed by atoms with E-state index in [0.29, 0.717) is 36.6 Å². The van der Waals surface area contributed by atoms with Gasteiger partial charge in [0, 0.05) is 37.7 Å². The van der Waals surface area contributed by atoms with E-state index in [1.54, 1.807) is 17.0 Å². The van der Waals surface area contributed by atoms with Crippen LogP contribution < -0.4 is 14.8 Å². The van der Waals surface area contributed by atoms with Crippen LogP contribution in [0.4, 0.5) is 9.59 Å². The number of hydrogen-bond donors (Lipinski definition) is 3. The number of amides is 2. The Morgan fingerprint density at radius 1 is 1.04 bits per heavy atom. The highest BCUT2D eigenvalue weighted by Crippen LogP contribution is 2.62. The summed E-state index contributed by atoms with van der Waals surface area (Å²) in [6, 6.07) is 18.7. The molecular formula is C44H55N3O9. The Balaban J connectivity index is 1.60. The minimum atomic E-state index is -1.46. The Labute approximate surface area is 329 Å². The lowest BCUT2D eigenvalue weighted by Crippen LogP contribution is -2.70. The molecule has 6 rings (SSSR count). The molecule has 12 heteroatoms. The third kappa shape index (κ3) is 8.28. The van der Waals surface area contributed by atoms with Gasteiger partial charge in [0.05, 0.1) is 31.9 Å². The summed E-state index contributed by atoms with van der Waals surface area (Å²) in [5, 5.41) is 29.0. The SMILES string of the molecule is C=CCO[C@@]12Oc3ccc(OC(=O)NCC)cc3[C@H]3[C@H](CCCCO)[C@@H](CCCCO)C=C(C(=NOC)C[C@@H]1N(Cc1cccc4ccccc14)C(=O)OC)[C@H]32. The monoisotopic (exact) mass is 769 g/mol. The van der Waals surface area contributed by atoms with Crippen LogP contribution in [0.2, 0.25) is 0 Å². The number of carbonyl (C=O) groups is 2. The second-order valence-electron chi connectivity index (χ2n) is 14.6. The van der Waals surface area contributed by atoms with Gasteiger partial charge in [-0.3, -0.25) is 4.90 Å². The smallest absolute Gasteiger partial charge is 0.412 e. The Morgan fingerprint density at radius 2 is 1.80 bits per heavy atom. The van der Waals surface area contributed by atoms with Crippen molar-refractivity contribution in [1.82, 2.24) is 10.2 Å². The Morgan fingerprint density at radius 3 is 2.54 bits per heavy atom. The summed E-state index contributed by atoms with van der Waals surface area (Å²) < 4.78 is 25.5. The highest BCUT2D eigenvalue weighted by Gasteiger charge is 2.65. The fourth-order valence-electron chi connectivity index (χ4n) is 9.14. The fourth-order valence-corrected chi connectivity index (χ4v) is 9.14. The zero-order valence-corrected chi connectivity index (χ0v) is 32.7. The van der Waals surface area contributed by atoms with Crippen molar-refractivity contribution in [1.29, 1.82) is 0 Å². The quantitative estimate of drug-likeness (QED) is 0.0722. The van der Waals surface area contributed by atoms with Crippen LogP contribution in [0.15, 0.2) is 90.1 Å². The number of nitrogens with zero attached hydrogens (tertiary/aromatic N) is 2. The average molecular weight is 770 g/mol. The maximum Gasteiger partial charge on any atom is 0.412 e. The Bertz CT molecular complexity index is 1910. The number of rotatable bonds is 17. The van der Waals surface area contributed by atoms with Gasteiger partial charge >= 0.3 is 12.2 Å². The molecule has 3 N–H and O–H groups in total. The van der Waals surface area contributed by atoms with Crippen molar-refractivity contribution in [2.24, 2.45) is 22.9 Å². The van der Waals surface area contributed by atoms with E-state index in [4.69, 9.17) is 23.8 Å². The molecular weight excluding hydrogens is 714 g/mol. The number of benzene rings is 3. The summed E-state index contributed by atoms with van der Waals surface area (Å²) in [5.74, 6) is -1.28. The largest absolute Gasteiger partial charge is 0.459 e. The first kappa shape index (κ1) is 40.7. The lowest BCUT2D eigenvalue weighted by Gasteiger charge is -2.59. The summed E-state index contributed by atoms with van der Waals surface area (Å²) >= 11 is 0. The number of aliphatic hydroxyl groups is 2. The van der Waals surface area contributed by atoms with Crippen molar-refractivity contribution in [3.8, 4) is 11.5 Å². The van der Waals surface area contributed by atoms with Gasteiger partial charge in [-0.2, -0.15) is 0 Å². The van der Waals surface area contributed by atoms with Gasteiger partial charge in [0.1, 0.15) is 24.7 Å². The predicted molar refractivity (Wildman–Crippen MR) is 214 cm³/mol. The first-order valence-electron chi connectivity index (χ1n) is 19.7. The van der Waals surface area contributed by atoms with Crippen LogP contribution in [0, 0.1) is 17.8 Å². The fraction of sp³-hybridized carbons (Fsp3) is 0.477. The maximum atomic E-state index is 14.2. The van der Waals surface area contributed by atoms with Crippen molar-refractivity contribution < 1.29 is 43.6 Å². The highest BCUT2D eigenvalue weighted by molar-refractivity contribution is 6.03. The number of allylic oxidation sites excluding steroid dienone is 1. The number of methoxy groups -OCH3 is 1. The van der Waals surface area contributed by atoms with Crippen LogP contribution >= 0.6 is 0 Å². The molecule has 3 aliphatic rings. The molecule has 6 atom stereocenters. The predicted octanol–water partition coefficient (Wildman–Crippen LogP) is 7.48. The molecule has 2 amide bonds. The van der Waals surface area contributed by atoms with E-state index in [2.05, 4.69) is 23.1 Å². The van der Waals surface area contributed by atoms with Gasteiger partial charge in [-0.1, -0.05) is 72.6 Å². The summed E-state index contributed by atoms with van der Waals surface area (Å²) in [6.07, 6.45) is 7.52. The van der Waals surface area contributed by atoms with Crippen LogP contribution in [-0.4, -0.2) is 85.4 Å². The van der Waals surface area contributed by atoms with E-state index in [1.807, 2.05) is 61.5 Å². The molecule has 0 spiro atoms. The number of nitrogens with one attached hydrogen (secondary N) is 1. The normalized spacial score (nSPS) is 24.3. The second-order valence-corrected chi connectivity index (χ2v) is 14.6. The van der Waals surface area contributed by atoms with Gasteiger partial charge in [0.25, 0.3) is 0 Å². The molecule has 0 radical (unpaired) electrons. The van der Waals surface area contributed by atoms with E-state index >= 15 is 0 Å². The number of aliphatic hydroxyl groups excluding tert-OH is 2. The standard InChI is InChI=1S/C44H55N3O9/c1-5-24-54-44-39(47(43(51)52-3)28-31-17-13-16-29-14-7-8-18-33(29)31)27-37(46-53-4)35-25-30(15-9-11-22-48)34(19-10-12-23-49)40(41(35)44)36-26-32(20-21-38(36)56-44)55-42(50)45-6-2/h5,7-8,13-14,16-18,20-21,25-26,30,34,39-41,48-49H,1,6,9-12,15,19,22-24,27-28H2,2-4H3,(H,45,50)/t30-,34+,39-,40+,41+,44+/m0/s1. The first-order chi connectivity index (χ1) is 27.3. The molecule has 56 heavy (non-hydrogen) atoms. The molecule has 3 aromatic carbocycles. The molecule has 2 aliphatic carbocycles. The van der Waals surface area contributed by atoms with Gasteiger partial charge in [0.15, 0.2) is 0 Å². The molecule has 3 aromatic rings. The molecule has 0 bridgehead atoms. The van der Waals surface area contributed by atoms with Gasteiger partial charge < -0.3 is 39.3 Å². The summed E-state index contributed by atoms with van der Waals surface area (Å²) in [5.41, 5.74) is 3.34. The zero-order valence-electron chi connectivity index (χ0n) is 32.7. The van der Waals surface area contributed by atoms with Gasteiger partial charge in [-0.25, -0.2) is 9.59 Å². The number of oxime groups is 1. The van der Waals surface area contributed by atoms with Crippen molar-refractivity contribution in [3.05, 3.63) is 96.1 Å². The number of unbranched alkanes of at least 4 members (excludes halogenated alkanes) is 2. The molecule has 0 unspecified atom stereocenters. The number of carbonyl (C=O) groups excluding carboxylic acids is 2.